The van der Waals surface area contributed by atoms with Crippen LogP contribution in [-0.2, 0) is 25.7 Å². The lowest BCUT2D eigenvalue weighted by atomic mass is 9.83. The Bertz CT molecular complexity index is 1570. The predicted molar refractivity (Wildman–Crippen MR) is 194 cm³/mol. The number of aryl methyl sites for hydroxylation is 2. The van der Waals surface area contributed by atoms with Gasteiger partial charge in [0.05, 0.1) is 0 Å². The smallest absolute Gasteiger partial charge is 0.185 e. The van der Waals surface area contributed by atoms with Gasteiger partial charge in [0.15, 0.2) is 11.5 Å². The molecule has 2 nitrogen and oxygen atoms in total. The molecule has 0 aliphatic heterocycles. The second-order valence-electron chi connectivity index (χ2n) is 16.8. The van der Waals surface area contributed by atoms with E-state index in [0.29, 0.717) is 22.7 Å². The average molecular weight is 615 g/mol. The number of benzene rings is 4. The molecule has 4 aromatic rings. The van der Waals surface area contributed by atoms with E-state index in [9.17, 15) is 0 Å². The quantitative estimate of drug-likeness (QED) is 0.107. The number of hydrogen-bond acceptors (Lipinski definition) is 2. The third-order valence-electron chi connectivity index (χ3n) is 9.98. The fraction of sp³-hybridized carbons (Fsp3) is 0.455. The van der Waals surface area contributed by atoms with Crippen LogP contribution in [0.5, 0.6) is 11.5 Å². The third-order valence-corrected chi connectivity index (χ3v) is 9.98. The van der Waals surface area contributed by atoms with Gasteiger partial charge in [-0.25, -0.2) is 0 Å². The zero-order valence-corrected chi connectivity index (χ0v) is 29.6. The van der Waals surface area contributed by atoms with Gasteiger partial charge in [-0.05, 0) is 106 Å². The van der Waals surface area contributed by atoms with Crippen LogP contribution in [-0.4, -0.2) is 0 Å². The van der Waals surface area contributed by atoms with E-state index >= 15 is 0 Å². The number of rotatable bonds is 11. The first-order valence-corrected chi connectivity index (χ1v) is 17.7. The molecule has 0 N–H and O–H groups in total. The largest absolute Gasteiger partial charge is 0.289 e. The molecule has 0 fully saturated rings. The summed E-state index contributed by atoms with van der Waals surface area (Å²) in [6, 6.07) is 26.8. The topological polar surface area (TPSA) is 18.5 Å². The Morgan fingerprint density at radius 1 is 0.522 bits per heavy atom. The van der Waals surface area contributed by atoms with Crippen molar-refractivity contribution < 1.29 is 9.78 Å². The first kappa shape index (κ1) is 32.4. The average Bonchev–Trinajstić information content (AvgIpc) is 3.55. The summed E-state index contributed by atoms with van der Waals surface area (Å²) in [4.78, 5) is 13.4. The molecule has 4 aromatic carbocycles. The molecule has 0 bridgehead atoms. The van der Waals surface area contributed by atoms with Gasteiger partial charge in [0.2, 0.25) is 0 Å². The summed E-state index contributed by atoms with van der Waals surface area (Å²) in [7, 11) is 0. The summed E-state index contributed by atoms with van der Waals surface area (Å²) in [5, 5.41) is 0. The molecular weight excluding hydrogens is 560 g/mol. The Morgan fingerprint density at radius 2 is 0.913 bits per heavy atom. The lowest BCUT2D eigenvalue weighted by Crippen LogP contribution is -2.13. The highest BCUT2D eigenvalue weighted by molar-refractivity contribution is 5.81. The van der Waals surface area contributed by atoms with Crippen molar-refractivity contribution in [3.05, 3.63) is 106 Å². The van der Waals surface area contributed by atoms with E-state index in [-0.39, 0.29) is 0 Å². The summed E-state index contributed by atoms with van der Waals surface area (Å²) in [5.74, 6) is 3.13. The zero-order valence-electron chi connectivity index (χ0n) is 29.6. The van der Waals surface area contributed by atoms with Crippen LogP contribution >= 0.6 is 0 Å². The van der Waals surface area contributed by atoms with Gasteiger partial charge >= 0.3 is 0 Å². The van der Waals surface area contributed by atoms with E-state index in [1.165, 1.54) is 68.5 Å². The molecule has 6 rings (SSSR count). The summed E-state index contributed by atoms with van der Waals surface area (Å²) in [6.07, 6.45) is 8.41. The minimum absolute atomic E-state index is 0.327. The minimum atomic E-state index is 0.327. The molecule has 2 aliphatic carbocycles. The van der Waals surface area contributed by atoms with E-state index in [0.717, 1.165) is 50.0 Å². The van der Waals surface area contributed by atoms with Crippen LogP contribution < -0.4 is 9.78 Å². The molecule has 2 unspecified atom stereocenters. The molecule has 2 heteroatoms. The van der Waals surface area contributed by atoms with Crippen LogP contribution in [0.3, 0.4) is 0 Å². The zero-order chi connectivity index (χ0) is 32.6. The second-order valence-corrected chi connectivity index (χ2v) is 16.8. The lowest BCUT2D eigenvalue weighted by Gasteiger charge is -2.24. The summed E-state index contributed by atoms with van der Waals surface area (Å²) in [5.41, 5.74) is 13.6. The van der Waals surface area contributed by atoms with Crippen molar-refractivity contribution in [1.29, 1.82) is 0 Å². The number of fused-ring (bicyclic) bond motifs is 6. The highest BCUT2D eigenvalue weighted by Crippen LogP contribution is 2.46. The van der Waals surface area contributed by atoms with E-state index in [1.807, 2.05) is 0 Å². The van der Waals surface area contributed by atoms with Crippen molar-refractivity contribution in [3.63, 3.8) is 0 Å². The maximum Gasteiger partial charge on any atom is 0.185 e. The number of hydrogen-bond donors (Lipinski definition) is 0. The lowest BCUT2D eigenvalue weighted by molar-refractivity contribution is -0.103. The highest BCUT2D eigenvalue weighted by atomic mass is 17.2. The molecule has 0 saturated carbocycles. The van der Waals surface area contributed by atoms with Crippen molar-refractivity contribution in [2.45, 2.75) is 107 Å². The van der Waals surface area contributed by atoms with Crippen LogP contribution in [0.4, 0.5) is 0 Å². The Kier molecular flexibility index (Phi) is 9.12. The van der Waals surface area contributed by atoms with Crippen molar-refractivity contribution in [1.82, 2.24) is 0 Å². The van der Waals surface area contributed by atoms with Gasteiger partial charge in [-0.2, -0.15) is 0 Å². The molecule has 0 aromatic heterocycles. The molecule has 2 atom stereocenters. The third kappa shape index (κ3) is 7.22. The standard InChI is InChI=1S/C44H54O2/c1-29(27-43(3,4)5)17-19-31-21-23-37-35-15-11-9-13-33(35)25-39(37)41(31)45-46-42-32(20-18-30(2)28-44(6,7)8)22-24-38-36-16-12-10-14-34(36)26-40(38)42/h9-16,21-24,29-30H,17-20,25-28H2,1-8H3. The van der Waals surface area contributed by atoms with E-state index in [1.54, 1.807) is 0 Å². The van der Waals surface area contributed by atoms with Gasteiger partial charge < -0.3 is 0 Å². The molecule has 0 radical (unpaired) electrons. The summed E-state index contributed by atoms with van der Waals surface area (Å²) in [6.45, 7) is 18.8. The van der Waals surface area contributed by atoms with Crippen LogP contribution in [0.1, 0.15) is 114 Å². The SMILES string of the molecule is CC(CCc1ccc2c(c1OOc1c(CCC(C)CC(C)(C)C)ccc3c1Cc1ccccc1-3)Cc1ccccc1-2)CC(C)(C)C. The fourth-order valence-electron chi connectivity index (χ4n) is 8.25. The van der Waals surface area contributed by atoms with Gasteiger partial charge in [-0.1, -0.05) is 128 Å². The molecule has 0 spiro atoms. The van der Waals surface area contributed by atoms with Gasteiger partial charge in [-0.3, -0.25) is 9.78 Å². The van der Waals surface area contributed by atoms with E-state index in [2.05, 4.69) is 128 Å². The molecular formula is C44H54O2. The molecule has 2 aliphatic rings. The predicted octanol–water partition coefficient (Wildman–Crippen LogP) is 12.2. The van der Waals surface area contributed by atoms with Crippen LogP contribution in [0.2, 0.25) is 0 Å². The van der Waals surface area contributed by atoms with Gasteiger partial charge in [0.25, 0.3) is 0 Å². The Labute approximate surface area is 278 Å². The van der Waals surface area contributed by atoms with Crippen LogP contribution in [0.25, 0.3) is 22.3 Å². The maximum absolute atomic E-state index is 6.68. The maximum atomic E-state index is 6.68. The van der Waals surface area contributed by atoms with Gasteiger partial charge in [0.1, 0.15) is 0 Å². The first-order valence-electron chi connectivity index (χ1n) is 17.7. The second kappa shape index (κ2) is 12.9. The summed E-state index contributed by atoms with van der Waals surface area (Å²) < 4.78 is 0. The molecule has 0 heterocycles. The van der Waals surface area contributed by atoms with E-state index < -0.39 is 0 Å². The Balaban J connectivity index is 1.33. The molecule has 0 saturated heterocycles. The normalized spacial score (nSPS) is 14.7. The van der Waals surface area contributed by atoms with Crippen molar-refractivity contribution >= 4 is 0 Å². The van der Waals surface area contributed by atoms with Crippen LogP contribution in [0, 0.1) is 22.7 Å². The van der Waals surface area contributed by atoms with Crippen molar-refractivity contribution in [2.24, 2.45) is 22.7 Å². The van der Waals surface area contributed by atoms with Gasteiger partial charge in [-0.15, -0.1) is 0 Å². The Morgan fingerprint density at radius 3 is 1.30 bits per heavy atom. The van der Waals surface area contributed by atoms with Crippen molar-refractivity contribution in [2.75, 3.05) is 0 Å². The van der Waals surface area contributed by atoms with Crippen LogP contribution in [0.15, 0.2) is 72.8 Å². The first-order chi connectivity index (χ1) is 21.9. The minimum Gasteiger partial charge on any atom is -0.289 e. The molecule has 242 valence electrons. The van der Waals surface area contributed by atoms with Gasteiger partial charge in [0, 0.05) is 24.0 Å². The Hall–Kier alpha value is -3.52. The fourth-order valence-corrected chi connectivity index (χ4v) is 8.25. The molecule has 46 heavy (non-hydrogen) atoms. The van der Waals surface area contributed by atoms with Crippen molar-refractivity contribution in [3.8, 4) is 33.8 Å². The highest BCUT2D eigenvalue weighted by Gasteiger charge is 2.29. The molecule has 0 amide bonds. The summed E-state index contributed by atoms with van der Waals surface area (Å²) >= 11 is 0. The monoisotopic (exact) mass is 614 g/mol. The van der Waals surface area contributed by atoms with E-state index in [4.69, 9.17) is 9.78 Å².